The number of amides is 1. The first-order valence-corrected chi connectivity index (χ1v) is 6.49. The van der Waals surface area contributed by atoms with Gasteiger partial charge in [-0.3, -0.25) is 4.79 Å². The largest absolute Gasteiger partial charge is 0.368 e. The summed E-state index contributed by atoms with van der Waals surface area (Å²) in [6.45, 7) is 3.50. The maximum atomic E-state index is 11.5. The van der Waals surface area contributed by atoms with Gasteiger partial charge >= 0.3 is 0 Å². The van der Waals surface area contributed by atoms with Gasteiger partial charge in [0.1, 0.15) is 6.04 Å². The molecule has 1 unspecified atom stereocenters. The summed E-state index contributed by atoms with van der Waals surface area (Å²) in [6, 6.07) is 6.01. The third-order valence-corrected chi connectivity index (χ3v) is 3.71. The van der Waals surface area contributed by atoms with E-state index in [9.17, 15) is 4.79 Å². The van der Waals surface area contributed by atoms with Crippen LogP contribution in [0.4, 0.5) is 5.69 Å². The number of benzene rings is 1. The molecule has 4 nitrogen and oxygen atoms in total. The average Bonchev–Trinajstić information content (AvgIpc) is 2.38. The van der Waals surface area contributed by atoms with E-state index < -0.39 is 0 Å². The van der Waals surface area contributed by atoms with Crippen LogP contribution in [0.5, 0.6) is 0 Å². The smallest absolute Gasteiger partial charge is 0.240 e. The molecule has 2 rings (SSSR count). The minimum atomic E-state index is -0.227. The van der Waals surface area contributed by atoms with E-state index in [1.807, 2.05) is 12.1 Å². The van der Waals surface area contributed by atoms with E-state index in [1.54, 1.807) is 0 Å². The Balaban J connectivity index is 2.28. The molecule has 0 spiro atoms. The van der Waals surface area contributed by atoms with E-state index in [1.165, 1.54) is 5.56 Å². The zero-order chi connectivity index (χ0) is 13.1. The molecule has 0 radical (unpaired) electrons. The SMILES string of the molecule is Cc1cc(N2CCCCC2C(N)=O)ccc1CN. The fraction of sp³-hybridized carbons (Fsp3) is 0.500. The van der Waals surface area contributed by atoms with Gasteiger partial charge in [-0.2, -0.15) is 0 Å². The van der Waals surface area contributed by atoms with Crippen molar-refractivity contribution in [3.63, 3.8) is 0 Å². The van der Waals surface area contributed by atoms with Crippen molar-refractivity contribution in [3.8, 4) is 0 Å². The van der Waals surface area contributed by atoms with Gasteiger partial charge in [0.2, 0.25) is 5.91 Å². The molecule has 1 atom stereocenters. The van der Waals surface area contributed by atoms with Crippen molar-refractivity contribution in [1.82, 2.24) is 0 Å². The van der Waals surface area contributed by atoms with E-state index in [2.05, 4.69) is 17.9 Å². The summed E-state index contributed by atoms with van der Waals surface area (Å²) in [7, 11) is 0. The molecule has 1 aromatic carbocycles. The zero-order valence-corrected chi connectivity index (χ0v) is 10.9. The Bertz CT molecular complexity index is 445. The first-order valence-electron chi connectivity index (χ1n) is 6.49. The molecular weight excluding hydrogens is 226 g/mol. The van der Waals surface area contributed by atoms with E-state index in [0.29, 0.717) is 6.54 Å². The predicted octanol–water partition coefficient (Wildman–Crippen LogP) is 1.30. The van der Waals surface area contributed by atoms with Crippen molar-refractivity contribution in [2.75, 3.05) is 11.4 Å². The topological polar surface area (TPSA) is 72.3 Å². The number of piperidine rings is 1. The van der Waals surface area contributed by atoms with E-state index in [-0.39, 0.29) is 11.9 Å². The van der Waals surface area contributed by atoms with Crippen LogP contribution < -0.4 is 16.4 Å². The normalized spacial score (nSPS) is 19.9. The lowest BCUT2D eigenvalue weighted by atomic mass is 9.99. The average molecular weight is 247 g/mol. The van der Waals surface area contributed by atoms with Gasteiger partial charge in [-0.05, 0) is 49.4 Å². The number of primary amides is 1. The van der Waals surface area contributed by atoms with Crippen LogP contribution in [0.25, 0.3) is 0 Å². The number of hydrogen-bond donors (Lipinski definition) is 2. The second kappa shape index (κ2) is 5.40. The molecule has 18 heavy (non-hydrogen) atoms. The lowest BCUT2D eigenvalue weighted by molar-refractivity contribution is -0.119. The van der Waals surface area contributed by atoms with Gasteiger partial charge in [0.25, 0.3) is 0 Å². The van der Waals surface area contributed by atoms with E-state index >= 15 is 0 Å². The maximum absolute atomic E-state index is 11.5. The quantitative estimate of drug-likeness (QED) is 0.845. The Kier molecular flexibility index (Phi) is 3.87. The van der Waals surface area contributed by atoms with Crippen molar-refractivity contribution >= 4 is 11.6 Å². The van der Waals surface area contributed by atoms with Crippen molar-refractivity contribution in [2.24, 2.45) is 11.5 Å². The highest BCUT2D eigenvalue weighted by Crippen LogP contribution is 2.26. The van der Waals surface area contributed by atoms with Crippen molar-refractivity contribution in [3.05, 3.63) is 29.3 Å². The minimum Gasteiger partial charge on any atom is -0.368 e. The number of hydrogen-bond acceptors (Lipinski definition) is 3. The molecule has 0 aromatic heterocycles. The van der Waals surface area contributed by atoms with Crippen LogP contribution in [0.15, 0.2) is 18.2 Å². The molecule has 1 amide bonds. The number of carbonyl (C=O) groups excluding carboxylic acids is 1. The van der Waals surface area contributed by atoms with Gasteiger partial charge in [-0.15, -0.1) is 0 Å². The van der Waals surface area contributed by atoms with Gasteiger partial charge in [0, 0.05) is 18.8 Å². The summed E-state index contributed by atoms with van der Waals surface area (Å²) in [5.74, 6) is -0.227. The van der Waals surface area contributed by atoms with E-state index in [0.717, 1.165) is 37.1 Å². The summed E-state index contributed by atoms with van der Waals surface area (Å²) in [5, 5.41) is 0. The third kappa shape index (κ3) is 2.48. The summed E-state index contributed by atoms with van der Waals surface area (Å²) in [4.78, 5) is 13.6. The van der Waals surface area contributed by atoms with E-state index in [4.69, 9.17) is 11.5 Å². The van der Waals surface area contributed by atoms with Crippen LogP contribution >= 0.6 is 0 Å². The molecule has 1 aromatic rings. The number of carbonyl (C=O) groups is 1. The lowest BCUT2D eigenvalue weighted by Crippen LogP contribution is -2.47. The molecule has 1 heterocycles. The Morgan fingerprint density at radius 3 is 2.83 bits per heavy atom. The first kappa shape index (κ1) is 12.9. The third-order valence-electron chi connectivity index (χ3n) is 3.71. The molecule has 0 aliphatic carbocycles. The Labute approximate surface area is 108 Å². The van der Waals surface area contributed by atoms with Crippen LogP contribution in [-0.2, 0) is 11.3 Å². The Hall–Kier alpha value is -1.55. The molecule has 4 heteroatoms. The molecule has 0 saturated carbocycles. The molecule has 1 saturated heterocycles. The van der Waals surface area contributed by atoms with Gasteiger partial charge in [-0.25, -0.2) is 0 Å². The summed E-state index contributed by atoms with van der Waals surface area (Å²) in [5.41, 5.74) is 14.5. The molecule has 98 valence electrons. The summed E-state index contributed by atoms with van der Waals surface area (Å²) >= 11 is 0. The van der Waals surface area contributed by atoms with Crippen molar-refractivity contribution in [2.45, 2.75) is 38.8 Å². The van der Waals surface area contributed by atoms with Crippen LogP contribution in [-0.4, -0.2) is 18.5 Å². The van der Waals surface area contributed by atoms with Crippen molar-refractivity contribution in [1.29, 1.82) is 0 Å². The fourth-order valence-corrected chi connectivity index (χ4v) is 2.62. The maximum Gasteiger partial charge on any atom is 0.240 e. The second-order valence-electron chi connectivity index (χ2n) is 4.92. The highest BCUT2D eigenvalue weighted by molar-refractivity contribution is 5.84. The lowest BCUT2D eigenvalue weighted by Gasteiger charge is -2.35. The predicted molar refractivity (Wildman–Crippen MR) is 73.2 cm³/mol. The van der Waals surface area contributed by atoms with Crippen LogP contribution in [0.3, 0.4) is 0 Å². The highest BCUT2D eigenvalue weighted by atomic mass is 16.1. The second-order valence-corrected chi connectivity index (χ2v) is 4.92. The summed E-state index contributed by atoms with van der Waals surface area (Å²) in [6.07, 6.45) is 3.04. The zero-order valence-electron chi connectivity index (χ0n) is 10.9. The van der Waals surface area contributed by atoms with Gasteiger partial charge in [0.15, 0.2) is 0 Å². The van der Waals surface area contributed by atoms with Gasteiger partial charge < -0.3 is 16.4 Å². The van der Waals surface area contributed by atoms with Gasteiger partial charge in [-0.1, -0.05) is 6.07 Å². The highest BCUT2D eigenvalue weighted by Gasteiger charge is 2.27. The van der Waals surface area contributed by atoms with Crippen LogP contribution in [0.2, 0.25) is 0 Å². The number of rotatable bonds is 3. The number of nitrogens with two attached hydrogens (primary N) is 2. The first-order chi connectivity index (χ1) is 8.63. The molecule has 0 bridgehead atoms. The molecule has 1 aliphatic heterocycles. The molecule has 1 aliphatic rings. The van der Waals surface area contributed by atoms with Crippen LogP contribution in [0, 0.1) is 6.92 Å². The Morgan fingerprint density at radius 2 is 2.22 bits per heavy atom. The van der Waals surface area contributed by atoms with Crippen LogP contribution in [0.1, 0.15) is 30.4 Å². The number of anilines is 1. The summed E-state index contributed by atoms with van der Waals surface area (Å²) < 4.78 is 0. The number of aryl methyl sites for hydroxylation is 1. The van der Waals surface area contributed by atoms with Crippen molar-refractivity contribution < 1.29 is 4.79 Å². The molecular formula is C14H21N3O. The standard InChI is InChI=1S/C14H21N3O/c1-10-8-12(6-5-11(10)9-15)17-7-3-2-4-13(17)14(16)18/h5-6,8,13H,2-4,7,9,15H2,1H3,(H2,16,18). The molecule has 1 fully saturated rings. The minimum absolute atomic E-state index is 0.165. The van der Waals surface area contributed by atoms with Gasteiger partial charge in [0.05, 0.1) is 0 Å². The Morgan fingerprint density at radius 1 is 1.44 bits per heavy atom. The fourth-order valence-electron chi connectivity index (χ4n) is 2.62. The monoisotopic (exact) mass is 247 g/mol. The number of nitrogens with zero attached hydrogens (tertiary/aromatic N) is 1. The molecule has 4 N–H and O–H groups in total.